The molecule has 25 heavy (non-hydrogen) atoms. The van der Waals surface area contributed by atoms with E-state index in [0.717, 1.165) is 29.1 Å². The van der Waals surface area contributed by atoms with Gasteiger partial charge >= 0.3 is 0 Å². The van der Waals surface area contributed by atoms with Crippen LogP contribution in [0.4, 0.5) is 5.69 Å². The summed E-state index contributed by atoms with van der Waals surface area (Å²) in [7, 11) is 0. The number of hydrogen-bond acceptors (Lipinski definition) is 2. The number of imidazole rings is 1. The third-order valence-electron chi connectivity index (χ3n) is 4.95. The van der Waals surface area contributed by atoms with Crippen molar-refractivity contribution >= 4 is 16.7 Å². The monoisotopic (exact) mass is 335 g/mol. The van der Waals surface area contributed by atoms with Crippen LogP contribution in [0.15, 0.2) is 30.3 Å². The molecule has 3 rings (SSSR count). The van der Waals surface area contributed by atoms with Crippen molar-refractivity contribution in [3.05, 3.63) is 47.0 Å². The number of aromatic nitrogens is 2. The number of unbranched alkanes of at least 4 members (excludes halogenated alkanes) is 3. The number of benzene rings is 2. The fraction of sp³-hybridized carbons (Fsp3) is 0.409. The van der Waals surface area contributed by atoms with E-state index in [0.29, 0.717) is 0 Å². The van der Waals surface area contributed by atoms with Gasteiger partial charge in [-0.05, 0) is 50.5 Å². The quantitative estimate of drug-likeness (QED) is 0.457. The molecule has 0 bridgehead atoms. The lowest BCUT2D eigenvalue weighted by atomic mass is 9.99. The molecule has 2 aromatic carbocycles. The molecular weight excluding hydrogens is 306 g/mol. The van der Waals surface area contributed by atoms with E-state index in [1.165, 1.54) is 47.9 Å². The molecule has 1 heterocycles. The average Bonchev–Trinajstić information content (AvgIpc) is 2.91. The highest BCUT2D eigenvalue weighted by Gasteiger charge is 2.17. The minimum absolute atomic E-state index is 0.758. The average molecular weight is 335 g/mol. The molecule has 2 N–H and O–H groups in total. The van der Waals surface area contributed by atoms with Crippen LogP contribution in [0.25, 0.3) is 22.4 Å². The predicted molar refractivity (Wildman–Crippen MR) is 108 cm³/mol. The van der Waals surface area contributed by atoms with Crippen LogP contribution in [0.1, 0.15) is 49.3 Å². The number of nitrogens with zero attached hydrogens (tertiary/aromatic N) is 2. The van der Waals surface area contributed by atoms with Crippen molar-refractivity contribution in [1.29, 1.82) is 0 Å². The van der Waals surface area contributed by atoms with Crippen LogP contribution in [0.3, 0.4) is 0 Å². The van der Waals surface area contributed by atoms with Gasteiger partial charge in [-0.25, -0.2) is 4.98 Å². The van der Waals surface area contributed by atoms with Crippen LogP contribution in [-0.2, 0) is 6.54 Å². The fourth-order valence-electron chi connectivity index (χ4n) is 3.82. The summed E-state index contributed by atoms with van der Waals surface area (Å²) in [5.74, 6) is 1.05. The molecule has 0 spiro atoms. The summed E-state index contributed by atoms with van der Waals surface area (Å²) in [5.41, 5.74) is 14.1. The molecule has 0 saturated heterocycles. The van der Waals surface area contributed by atoms with Gasteiger partial charge < -0.3 is 10.3 Å². The Kier molecular flexibility index (Phi) is 5.12. The first-order chi connectivity index (χ1) is 12.0. The van der Waals surface area contributed by atoms with Crippen molar-refractivity contribution in [1.82, 2.24) is 9.55 Å². The van der Waals surface area contributed by atoms with Gasteiger partial charge in [0, 0.05) is 12.1 Å². The summed E-state index contributed by atoms with van der Waals surface area (Å²) in [4.78, 5) is 4.97. The van der Waals surface area contributed by atoms with E-state index >= 15 is 0 Å². The summed E-state index contributed by atoms with van der Waals surface area (Å²) in [6, 6.07) is 10.6. The van der Waals surface area contributed by atoms with Gasteiger partial charge in [-0.2, -0.15) is 0 Å². The van der Waals surface area contributed by atoms with Crippen LogP contribution in [0.2, 0.25) is 0 Å². The number of hydrogen-bond donors (Lipinski definition) is 1. The van der Waals surface area contributed by atoms with E-state index in [4.69, 9.17) is 10.7 Å². The SMILES string of the molecule is CCCCCCn1c(-c2c(C)cc(C)cc2C)nc2c(N)cccc21. The van der Waals surface area contributed by atoms with Crippen LogP contribution in [0.5, 0.6) is 0 Å². The first-order valence-electron chi connectivity index (χ1n) is 9.36. The molecule has 3 nitrogen and oxygen atoms in total. The maximum Gasteiger partial charge on any atom is 0.141 e. The Hall–Kier alpha value is -2.29. The molecule has 3 aromatic rings. The molecule has 132 valence electrons. The Morgan fingerprint density at radius 1 is 1.00 bits per heavy atom. The van der Waals surface area contributed by atoms with E-state index in [1.54, 1.807) is 0 Å². The van der Waals surface area contributed by atoms with E-state index < -0.39 is 0 Å². The Morgan fingerprint density at radius 2 is 1.72 bits per heavy atom. The number of rotatable bonds is 6. The van der Waals surface area contributed by atoms with Gasteiger partial charge in [0.2, 0.25) is 0 Å². The number of nitrogens with two attached hydrogens (primary N) is 1. The lowest BCUT2D eigenvalue weighted by Crippen LogP contribution is -2.03. The van der Waals surface area contributed by atoms with E-state index in [-0.39, 0.29) is 0 Å². The number of aryl methyl sites for hydroxylation is 4. The Morgan fingerprint density at radius 3 is 2.40 bits per heavy atom. The highest BCUT2D eigenvalue weighted by atomic mass is 15.1. The van der Waals surface area contributed by atoms with E-state index in [2.05, 4.69) is 50.5 Å². The molecule has 0 amide bonds. The zero-order chi connectivity index (χ0) is 18.0. The van der Waals surface area contributed by atoms with Gasteiger partial charge in [0.1, 0.15) is 11.3 Å². The minimum atomic E-state index is 0.758. The molecule has 0 radical (unpaired) electrons. The van der Waals surface area contributed by atoms with Crippen molar-refractivity contribution < 1.29 is 0 Å². The van der Waals surface area contributed by atoms with Gasteiger partial charge in [-0.15, -0.1) is 0 Å². The zero-order valence-corrected chi connectivity index (χ0v) is 15.9. The first-order valence-corrected chi connectivity index (χ1v) is 9.36. The van der Waals surface area contributed by atoms with Gasteiger partial charge in [0.15, 0.2) is 0 Å². The number of anilines is 1. The second-order valence-electron chi connectivity index (χ2n) is 7.14. The topological polar surface area (TPSA) is 43.8 Å². The van der Waals surface area contributed by atoms with Crippen molar-refractivity contribution in [3.8, 4) is 11.4 Å². The van der Waals surface area contributed by atoms with Gasteiger partial charge in [-0.3, -0.25) is 0 Å². The third-order valence-corrected chi connectivity index (χ3v) is 4.95. The van der Waals surface area contributed by atoms with E-state index in [9.17, 15) is 0 Å². The summed E-state index contributed by atoms with van der Waals surface area (Å²) < 4.78 is 2.37. The normalized spacial score (nSPS) is 11.4. The molecule has 0 saturated carbocycles. The molecule has 3 heteroatoms. The highest BCUT2D eigenvalue weighted by molar-refractivity contribution is 5.90. The van der Waals surface area contributed by atoms with Crippen molar-refractivity contribution in [3.63, 3.8) is 0 Å². The molecular formula is C22H29N3. The summed E-state index contributed by atoms with van der Waals surface area (Å²) in [6.45, 7) is 9.74. The number of nitrogen functional groups attached to an aromatic ring is 1. The van der Waals surface area contributed by atoms with Gasteiger partial charge in [0.25, 0.3) is 0 Å². The lowest BCUT2D eigenvalue weighted by molar-refractivity contribution is 0.594. The molecule has 0 fully saturated rings. The second kappa shape index (κ2) is 7.30. The molecule has 1 aromatic heterocycles. The van der Waals surface area contributed by atoms with Crippen LogP contribution in [-0.4, -0.2) is 9.55 Å². The molecule has 0 unspecified atom stereocenters. The Labute approximate surface area is 150 Å². The molecule has 0 aliphatic carbocycles. The number of fused-ring (bicyclic) bond motifs is 1. The number of para-hydroxylation sites is 1. The van der Waals surface area contributed by atoms with Gasteiger partial charge in [-0.1, -0.05) is 49.9 Å². The van der Waals surface area contributed by atoms with Crippen LogP contribution >= 0.6 is 0 Å². The van der Waals surface area contributed by atoms with Crippen LogP contribution < -0.4 is 5.73 Å². The Balaban J connectivity index is 2.15. The third kappa shape index (κ3) is 3.41. The molecule has 0 aliphatic heterocycles. The standard InChI is InChI=1S/C22H29N3/c1-5-6-7-8-12-25-19-11-9-10-18(23)21(19)24-22(25)20-16(3)13-15(2)14-17(20)4/h9-11,13-14H,5-8,12,23H2,1-4H3. The summed E-state index contributed by atoms with van der Waals surface area (Å²) in [6.07, 6.45) is 4.96. The maximum atomic E-state index is 6.22. The second-order valence-corrected chi connectivity index (χ2v) is 7.14. The summed E-state index contributed by atoms with van der Waals surface area (Å²) in [5, 5.41) is 0. The first kappa shape index (κ1) is 17.5. The molecule has 0 atom stereocenters. The predicted octanol–water partition coefficient (Wildman–Crippen LogP) is 5.79. The van der Waals surface area contributed by atoms with Crippen LogP contribution in [0, 0.1) is 20.8 Å². The highest BCUT2D eigenvalue weighted by Crippen LogP contribution is 2.33. The Bertz CT molecular complexity index is 867. The fourth-order valence-corrected chi connectivity index (χ4v) is 3.82. The summed E-state index contributed by atoms with van der Waals surface area (Å²) >= 11 is 0. The smallest absolute Gasteiger partial charge is 0.141 e. The van der Waals surface area contributed by atoms with E-state index in [1.807, 2.05) is 12.1 Å². The van der Waals surface area contributed by atoms with Crippen molar-refractivity contribution in [2.24, 2.45) is 0 Å². The zero-order valence-electron chi connectivity index (χ0n) is 15.9. The lowest BCUT2D eigenvalue weighted by Gasteiger charge is -2.14. The van der Waals surface area contributed by atoms with Crippen molar-refractivity contribution in [2.45, 2.75) is 59.9 Å². The van der Waals surface area contributed by atoms with Crippen molar-refractivity contribution in [2.75, 3.05) is 5.73 Å². The van der Waals surface area contributed by atoms with Gasteiger partial charge in [0.05, 0.1) is 11.2 Å². The molecule has 0 aliphatic rings. The largest absolute Gasteiger partial charge is 0.397 e. The minimum Gasteiger partial charge on any atom is -0.397 e. The maximum absolute atomic E-state index is 6.22.